The highest BCUT2D eigenvalue weighted by Crippen LogP contribution is 2.21. The number of benzene rings is 2. The normalized spacial score (nSPS) is 10.1. The van der Waals surface area contributed by atoms with Crippen LogP contribution in [-0.2, 0) is 6.54 Å². The molecule has 0 bridgehead atoms. The standard InChI is InChI=1S/C14H12ClNO2/c15-12-7-3-2-6-11(12)14(17)18-13-8-4-1-5-10(13)9-16/h1-8H,9,16H2. The Labute approximate surface area is 110 Å². The average molecular weight is 262 g/mol. The largest absolute Gasteiger partial charge is 0.423 e. The van der Waals surface area contributed by atoms with Gasteiger partial charge < -0.3 is 10.5 Å². The Kier molecular flexibility index (Phi) is 3.97. The van der Waals surface area contributed by atoms with Gasteiger partial charge >= 0.3 is 5.97 Å². The summed E-state index contributed by atoms with van der Waals surface area (Å²) in [7, 11) is 0. The topological polar surface area (TPSA) is 52.3 Å². The summed E-state index contributed by atoms with van der Waals surface area (Å²) in [6.07, 6.45) is 0. The molecule has 2 aromatic rings. The molecular formula is C14H12ClNO2. The molecule has 0 atom stereocenters. The zero-order valence-corrected chi connectivity index (χ0v) is 10.4. The van der Waals surface area contributed by atoms with E-state index in [2.05, 4.69) is 0 Å². The van der Waals surface area contributed by atoms with Crippen molar-refractivity contribution in [2.75, 3.05) is 0 Å². The van der Waals surface area contributed by atoms with Crippen LogP contribution in [0.25, 0.3) is 0 Å². The van der Waals surface area contributed by atoms with E-state index in [1.165, 1.54) is 0 Å². The molecule has 4 heteroatoms. The van der Waals surface area contributed by atoms with E-state index in [0.717, 1.165) is 5.56 Å². The summed E-state index contributed by atoms with van der Waals surface area (Å²) in [5, 5.41) is 0.368. The van der Waals surface area contributed by atoms with Crippen molar-refractivity contribution in [3.63, 3.8) is 0 Å². The summed E-state index contributed by atoms with van der Waals surface area (Å²) in [5.41, 5.74) is 6.69. The van der Waals surface area contributed by atoms with Crippen LogP contribution in [0, 0.1) is 0 Å². The van der Waals surface area contributed by atoms with Crippen LogP contribution in [0.5, 0.6) is 5.75 Å². The molecule has 0 aliphatic carbocycles. The number of para-hydroxylation sites is 1. The van der Waals surface area contributed by atoms with Crippen molar-refractivity contribution in [2.24, 2.45) is 5.73 Å². The van der Waals surface area contributed by atoms with Crippen molar-refractivity contribution in [1.29, 1.82) is 0 Å². The van der Waals surface area contributed by atoms with Gasteiger partial charge in [0.05, 0.1) is 10.6 Å². The molecule has 18 heavy (non-hydrogen) atoms. The van der Waals surface area contributed by atoms with Crippen LogP contribution in [0.4, 0.5) is 0 Å². The van der Waals surface area contributed by atoms with Crippen LogP contribution in [0.2, 0.25) is 5.02 Å². The summed E-state index contributed by atoms with van der Waals surface area (Å²) in [6.45, 7) is 0.311. The second kappa shape index (κ2) is 5.67. The highest BCUT2D eigenvalue weighted by molar-refractivity contribution is 6.33. The second-order valence-electron chi connectivity index (χ2n) is 3.68. The summed E-state index contributed by atoms with van der Waals surface area (Å²) < 4.78 is 5.30. The molecule has 0 saturated heterocycles. The lowest BCUT2D eigenvalue weighted by Gasteiger charge is -2.09. The molecule has 2 aromatic carbocycles. The molecule has 0 fully saturated rings. The minimum absolute atomic E-state index is 0.311. The van der Waals surface area contributed by atoms with E-state index >= 15 is 0 Å². The number of halogens is 1. The van der Waals surface area contributed by atoms with Crippen LogP contribution >= 0.6 is 11.6 Å². The van der Waals surface area contributed by atoms with Crippen molar-refractivity contribution in [3.05, 3.63) is 64.7 Å². The van der Waals surface area contributed by atoms with Gasteiger partial charge in [-0.05, 0) is 18.2 Å². The van der Waals surface area contributed by atoms with E-state index in [9.17, 15) is 4.79 Å². The third-order valence-electron chi connectivity index (χ3n) is 2.49. The molecular weight excluding hydrogens is 250 g/mol. The van der Waals surface area contributed by atoms with E-state index in [1.807, 2.05) is 12.1 Å². The first-order valence-corrected chi connectivity index (χ1v) is 5.85. The Morgan fingerprint density at radius 1 is 1.11 bits per heavy atom. The summed E-state index contributed by atoms with van der Waals surface area (Å²) >= 11 is 5.93. The van der Waals surface area contributed by atoms with E-state index in [4.69, 9.17) is 22.1 Å². The van der Waals surface area contributed by atoms with Gasteiger partial charge in [-0.25, -0.2) is 4.79 Å². The first-order valence-electron chi connectivity index (χ1n) is 5.47. The van der Waals surface area contributed by atoms with Crippen LogP contribution in [0.15, 0.2) is 48.5 Å². The third kappa shape index (κ3) is 2.70. The van der Waals surface area contributed by atoms with Crippen molar-refractivity contribution in [2.45, 2.75) is 6.54 Å². The van der Waals surface area contributed by atoms with Crippen molar-refractivity contribution in [1.82, 2.24) is 0 Å². The molecule has 0 radical (unpaired) electrons. The van der Waals surface area contributed by atoms with Crippen LogP contribution in [-0.4, -0.2) is 5.97 Å². The number of hydrogen-bond acceptors (Lipinski definition) is 3. The van der Waals surface area contributed by atoms with E-state index in [1.54, 1.807) is 36.4 Å². The van der Waals surface area contributed by atoms with Gasteiger partial charge in [0.1, 0.15) is 5.75 Å². The Morgan fingerprint density at radius 2 is 1.78 bits per heavy atom. The van der Waals surface area contributed by atoms with Gasteiger partial charge in [-0.2, -0.15) is 0 Å². The molecule has 2 N–H and O–H groups in total. The van der Waals surface area contributed by atoms with Gasteiger partial charge in [0.25, 0.3) is 0 Å². The number of carbonyl (C=O) groups is 1. The quantitative estimate of drug-likeness (QED) is 0.683. The maximum Gasteiger partial charge on any atom is 0.345 e. The highest BCUT2D eigenvalue weighted by atomic mass is 35.5. The number of rotatable bonds is 3. The number of hydrogen-bond donors (Lipinski definition) is 1. The zero-order valence-electron chi connectivity index (χ0n) is 9.60. The predicted octanol–water partition coefficient (Wildman–Crippen LogP) is 3.02. The van der Waals surface area contributed by atoms with E-state index < -0.39 is 5.97 Å². The molecule has 0 heterocycles. The SMILES string of the molecule is NCc1ccccc1OC(=O)c1ccccc1Cl. The molecule has 0 aromatic heterocycles. The number of ether oxygens (including phenoxy) is 1. The molecule has 2 rings (SSSR count). The Hall–Kier alpha value is -1.84. The van der Waals surface area contributed by atoms with Gasteiger partial charge in [-0.15, -0.1) is 0 Å². The maximum absolute atomic E-state index is 12.0. The van der Waals surface area contributed by atoms with Crippen LogP contribution in [0.1, 0.15) is 15.9 Å². The number of nitrogens with two attached hydrogens (primary N) is 1. The van der Waals surface area contributed by atoms with Crippen LogP contribution < -0.4 is 10.5 Å². The maximum atomic E-state index is 12.0. The number of carbonyl (C=O) groups excluding carboxylic acids is 1. The Morgan fingerprint density at radius 3 is 2.50 bits per heavy atom. The molecule has 92 valence electrons. The fourth-order valence-electron chi connectivity index (χ4n) is 1.55. The summed E-state index contributed by atoms with van der Waals surface area (Å²) in [6, 6.07) is 13.9. The Bertz CT molecular complexity index is 569. The first kappa shape index (κ1) is 12.6. The van der Waals surface area contributed by atoms with E-state index in [0.29, 0.717) is 22.9 Å². The lowest BCUT2D eigenvalue weighted by atomic mass is 10.2. The smallest absolute Gasteiger partial charge is 0.345 e. The fraction of sp³-hybridized carbons (Fsp3) is 0.0714. The molecule has 0 aliphatic heterocycles. The third-order valence-corrected chi connectivity index (χ3v) is 2.82. The van der Waals surface area contributed by atoms with Gasteiger partial charge in [0, 0.05) is 12.1 Å². The van der Waals surface area contributed by atoms with Gasteiger partial charge in [-0.3, -0.25) is 0 Å². The van der Waals surface area contributed by atoms with Crippen LogP contribution in [0.3, 0.4) is 0 Å². The van der Waals surface area contributed by atoms with Gasteiger partial charge in [0.2, 0.25) is 0 Å². The molecule has 0 saturated carbocycles. The predicted molar refractivity (Wildman–Crippen MR) is 70.7 cm³/mol. The molecule has 0 aliphatic rings. The second-order valence-corrected chi connectivity index (χ2v) is 4.09. The monoisotopic (exact) mass is 261 g/mol. The zero-order chi connectivity index (χ0) is 13.0. The van der Waals surface area contributed by atoms with Gasteiger partial charge in [-0.1, -0.05) is 41.9 Å². The average Bonchev–Trinajstić information content (AvgIpc) is 2.39. The highest BCUT2D eigenvalue weighted by Gasteiger charge is 2.13. The van der Waals surface area contributed by atoms with Crippen molar-refractivity contribution >= 4 is 17.6 Å². The van der Waals surface area contributed by atoms with Crippen molar-refractivity contribution < 1.29 is 9.53 Å². The minimum atomic E-state index is -0.485. The lowest BCUT2D eigenvalue weighted by molar-refractivity contribution is 0.0733. The van der Waals surface area contributed by atoms with E-state index in [-0.39, 0.29) is 0 Å². The molecule has 0 amide bonds. The summed E-state index contributed by atoms with van der Waals surface area (Å²) in [4.78, 5) is 12.0. The van der Waals surface area contributed by atoms with Gasteiger partial charge in [0.15, 0.2) is 0 Å². The molecule has 0 unspecified atom stereocenters. The molecule has 3 nitrogen and oxygen atoms in total. The first-order chi connectivity index (χ1) is 8.72. The van der Waals surface area contributed by atoms with Crippen molar-refractivity contribution in [3.8, 4) is 5.75 Å². The minimum Gasteiger partial charge on any atom is -0.423 e. The Balaban J connectivity index is 2.24. The number of esters is 1. The molecule has 0 spiro atoms. The summed E-state index contributed by atoms with van der Waals surface area (Å²) in [5.74, 6) is -0.0218. The fourth-order valence-corrected chi connectivity index (χ4v) is 1.77. The lowest BCUT2D eigenvalue weighted by Crippen LogP contribution is -2.11.